The number of β-lactam (4-membered cyclic amide) rings is 1. The van der Waals surface area contributed by atoms with Gasteiger partial charge in [-0.3, -0.25) is 9.69 Å². The van der Waals surface area contributed by atoms with Gasteiger partial charge in [0.2, 0.25) is 0 Å². The molecule has 1 aliphatic rings. The van der Waals surface area contributed by atoms with Crippen molar-refractivity contribution in [3.8, 4) is 16.5 Å². The Kier molecular flexibility index (Phi) is 5.42. The van der Waals surface area contributed by atoms with Crippen molar-refractivity contribution < 1.29 is 14.3 Å². The van der Waals surface area contributed by atoms with Crippen molar-refractivity contribution in [2.24, 2.45) is 0 Å². The molecule has 0 saturated carbocycles. The molecule has 0 aromatic heterocycles. The first-order valence-electron chi connectivity index (χ1n) is 7.89. The molecule has 2 atom stereocenters. The number of hydrogen-bond acceptors (Lipinski definition) is 3. The maximum atomic E-state index is 12.7. The van der Waals surface area contributed by atoms with Crippen molar-refractivity contribution in [2.45, 2.75) is 19.1 Å². The van der Waals surface area contributed by atoms with Gasteiger partial charge in [-0.1, -0.05) is 35.7 Å². The number of methoxy groups -OCH3 is 1. The second kappa shape index (κ2) is 7.73. The molecule has 0 aliphatic carbocycles. The summed E-state index contributed by atoms with van der Waals surface area (Å²) in [5, 5.41) is 0. The number of anilines is 1. The van der Waals surface area contributed by atoms with Gasteiger partial charge in [0.25, 0.3) is 5.91 Å². The van der Waals surface area contributed by atoms with E-state index in [0.29, 0.717) is 0 Å². The molecule has 0 radical (unpaired) electrons. The molecule has 1 aliphatic heterocycles. The Labute approximate surface area is 155 Å². The molecule has 25 heavy (non-hydrogen) atoms. The average molecular weight is 400 g/mol. The van der Waals surface area contributed by atoms with Crippen LogP contribution in [-0.2, 0) is 9.53 Å². The van der Waals surface area contributed by atoms with Crippen LogP contribution in [0.4, 0.5) is 5.69 Å². The average Bonchev–Trinajstić information content (AvgIpc) is 2.64. The monoisotopic (exact) mass is 399 g/mol. The number of nitrogens with zero attached hydrogens (tertiary/aromatic N) is 1. The van der Waals surface area contributed by atoms with Crippen LogP contribution < -0.4 is 9.64 Å². The number of rotatable bonds is 5. The Morgan fingerprint density at radius 1 is 1.12 bits per heavy atom. The molecule has 128 valence electrons. The zero-order chi connectivity index (χ0) is 17.8. The minimum atomic E-state index is -0.529. The lowest BCUT2D eigenvalue weighted by Gasteiger charge is -2.46. The van der Waals surface area contributed by atoms with Gasteiger partial charge in [-0.05, 0) is 41.6 Å². The summed E-state index contributed by atoms with van der Waals surface area (Å²) in [5.74, 6) is 3.47. The smallest absolute Gasteiger partial charge is 0.259 e. The Hall–Kier alpha value is -2.29. The first kappa shape index (κ1) is 17.5. The highest BCUT2D eigenvalue weighted by molar-refractivity contribution is 9.12. The van der Waals surface area contributed by atoms with Gasteiger partial charge in [-0.15, -0.1) is 0 Å². The van der Waals surface area contributed by atoms with E-state index in [4.69, 9.17) is 9.47 Å². The number of benzene rings is 2. The summed E-state index contributed by atoms with van der Waals surface area (Å²) in [6, 6.07) is 15.4. The van der Waals surface area contributed by atoms with Crippen molar-refractivity contribution >= 4 is 27.5 Å². The van der Waals surface area contributed by atoms with E-state index in [0.717, 1.165) is 17.0 Å². The molecule has 1 heterocycles. The van der Waals surface area contributed by atoms with E-state index in [9.17, 15) is 4.79 Å². The quantitative estimate of drug-likeness (QED) is 0.566. The van der Waals surface area contributed by atoms with Gasteiger partial charge in [0.05, 0.1) is 13.2 Å². The molecule has 1 amide bonds. The predicted molar refractivity (Wildman–Crippen MR) is 101 cm³/mol. The molecule has 2 aromatic rings. The van der Waals surface area contributed by atoms with E-state index >= 15 is 0 Å². The van der Waals surface area contributed by atoms with Crippen LogP contribution in [-0.4, -0.2) is 25.7 Å². The zero-order valence-corrected chi connectivity index (χ0v) is 15.6. The summed E-state index contributed by atoms with van der Waals surface area (Å²) in [4.78, 5) is 17.0. The summed E-state index contributed by atoms with van der Waals surface area (Å²) >= 11 is 3.04. The van der Waals surface area contributed by atoms with E-state index in [1.54, 1.807) is 12.0 Å². The number of carbonyl (C=O) groups excluding carboxylic acids is 1. The van der Waals surface area contributed by atoms with Gasteiger partial charge < -0.3 is 9.47 Å². The maximum absolute atomic E-state index is 12.7. The Morgan fingerprint density at radius 3 is 2.40 bits per heavy atom. The van der Waals surface area contributed by atoms with Crippen LogP contribution in [0.5, 0.6) is 5.75 Å². The second-order valence-electron chi connectivity index (χ2n) is 5.76. The van der Waals surface area contributed by atoms with Crippen LogP contribution in [0.3, 0.4) is 0 Å². The van der Waals surface area contributed by atoms with Crippen LogP contribution in [0.1, 0.15) is 17.2 Å². The van der Waals surface area contributed by atoms with Gasteiger partial charge in [0, 0.05) is 21.6 Å². The summed E-state index contributed by atoms with van der Waals surface area (Å²) < 4.78 is 10.9. The number of ether oxygens (including phenoxy) is 2. The van der Waals surface area contributed by atoms with Crippen LogP contribution in [0.2, 0.25) is 0 Å². The van der Waals surface area contributed by atoms with E-state index in [1.165, 1.54) is 5.56 Å². The summed E-state index contributed by atoms with van der Waals surface area (Å²) in [6.45, 7) is 2.25. The van der Waals surface area contributed by atoms with Crippen molar-refractivity contribution in [2.75, 3.05) is 18.6 Å². The van der Waals surface area contributed by atoms with E-state index in [1.807, 2.05) is 55.5 Å². The van der Waals surface area contributed by atoms with Crippen LogP contribution in [0, 0.1) is 17.7 Å². The molecule has 1 saturated heterocycles. The molecule has 4 nitrogen and oxygen atoms in total. The fourth-order valence-corrected chi connectivity index (χ4v) is 3.02. The van der Waals surface area contributed by atoms with E-state index in [2.05, 4.69) is 26.7 Å². The van der Waals surface area contributed by atoms with Gasteiger partial charge in [0.1, 0.15) is 12.4 Å². The summed E-state index contributed by atoms with van der Waals surface area (Å²) in [7, 11) is 1.62. The Morgan fingerprint density at radius 2 is 1.80 bits per heavy atom. The van der Waals surface area contributed by atoms with Crippen molar-refractivity contribution in [3.05, 3.63) is 59.7 Å². The Bertz CT molecular complexity index is 806. The van der Waals surface area contributed by atoms with Crippen LogP contribution >= 0.6 is 15.9 Å². The number of hydrogen-bond donors (Lipinski definition) is 0. The lowest BCUT2D eigenvalue weighted by atomic mass is 9.89. The molecule has 0 bridgehead atoms. The SMILES string of the molecule is COc1ccc(N2C(=O)[C@@H](OCC#CBr)[C@H]2c2ccc(C)cc2)cc1. The second-order valence-corrected chi connectivity index (χ2v) is 6.16. The minimum absolute atomic E-state index is 0.0629. The van der Waals surface area contributed by atoms with Crippen LogP contribution in [0.25, 0.3) is 0 Å². The summed E-state index contributed by atoms with van der Waals surface area (Å²) in [5.41, 5.74) is 3.04. The molecule has 2 aromatic carbocycles. The lowest BCUT2D eigenvalue weighted by Crippen LogP contribution is -2.60. The highest BCUT2D eigenvalue weighted by Crippen LogP contribution is 2.41. The van der Waals surface area contributed by atoms with E-state index < -0.39 is 6.10 Å². The highest BCUT2D eigenvalue weighted by Gasteiger charge is 2.49. The van der Waals surface area contributed by atoms with Gasteiger partial charge in [0.15, 0.2) is 6.10 Å². The maximum Gasteiger partial charge on any atom is 0.259 e. The molecule has 0 unspecified atom stereocenters. The molecule has 5 heteroatoms. The van der Waals surface area contributed by atoms with Crippen molar-refractivity contribution in [1.29, 1.82) is 0 Å². The molecule has 0 spiro atoms. The standard InChI is InChI=1S/C20H18BrNO3/c1-14-4-6-15(7-5-14)18-19(25-13-3-12-21)20(23)22(18)16-8-10-17(24-2)11-9-16/h4-11,18-19H,13H2,1-2H3/t18-,19+/m1/s1. The number of halogens is 1. The summed E-state index contributed by atoms with van der Waals surface area (Å²) in [6.07, 6.45) is -0.529. The fraction of sp³-hybridized carbons (Fsp3) is 0.250. The van der Waals surface area contributed by atoms with E-state index in [-0.39, 0.29) is 18.6 Å². The normalized spacial score (nSPS) is 19.0. The third kappa shape index (κ3) is 3.55. The topological polar surface area (TPSA) is 38.8 Å². The predicted octanol–water partition coefficient (Wildman–Crippen LogP) is 3.83. The third-order valence-corrected chi connectivity index (χ3v) is 4.50. The first-order valence-corrected chi connectivity index (χ1v) is 8.69. The van der Waals surface area contributed by atoms with Gasteiger partial charge in [-0.25, -0.2) is 0 Å². The molecular formula is C20H18BrNO3. The molecular weight excluding hydrogens is 382 g/mol. The van der Waals surface area contributed by atoms with Gasteiger partial charge in [-0.2, -0.15) is 0 Å². The van der Waals surface area contributed by atoms with Crippen molar-refractivity contribution in [3.63, 3.8) is 0 Å². The highest BCUT2D eigenvalue weighted by atomic mass is 79.9. The number of aryl methyl sites for hydroxylation is 1. The lowest BCUT2D eigenvalue weighted by molar-refractivity contribution is -0.141. The first-order chi connectivity index (χ1) is 12.2. The molecule has 1 fully saturated rings. The number of amides is 1. The molecule has 0 N–H and O–H groups in total. The van der Waals surface area contributed by atoms with Crippen molar-refractivity contribution in [1.82, 2.24) is 0 Å². The van der Waals surface area contributed by atoms with Gasteiger partial charge >= 0.3 is 0 Å². The minimum Gasteiger partial charge on any atom is -0.497 e. The fourth-order valence-electron chi connectivity index (χ4n) is 2.90. The molecule has 3 rings (SSSR count). The third-order valence-electron chi connectivity index (χ3n) is 4.22. The number of carbonyl (C=O) groups is 1. The van der Waals surface area contributed by atoms with Crippen LogP contribution in [0.15, 0.2) is 48.5 Å². The zero-order valence-electron chi connectivity index (χ0n) is 14.0. The Balaban J connectivity index is 1.90. The largest absolute Gasteiger partial charge is 0.497 e.